The monoisotopic (exact) mass is 268 g/mol. The molecule has 0 unspecified atom stereocenters. The van der Waals surface area contributed by atoms with Gasteiger partial charge in [-0.25, -0.2) is 13.1 Å². The van der Waals surface area contributed by atoms with Gasteiger partial charge in [-0.1, -0.05) is 18.9 Å². The molecular weight excluding hydrogens is 248 g/mol. The van der Waals surface area contributed by atoms with Crippen molar-refractivity contribution in [1.29, 1.82) is 0 Å². The standard InChI is InChI=1S/C13H20N2O2S/c1-9-7-8-12(14)13(10(9)2)18(16,17)15-11-5-3-4-6-11/h7-8,11,15H,3-6,14H2,1-2H3. The summed E-state index contributed by atoms with van der Waals surface area (Å²) in [5, 5.41) is 0. The van der Waals surface area contributed by atoms with E-state index in [-0.39, 0.29) is 10.9 Å². The first-order valence-corrected chi connectivity index (χ1v) is 7.78. The lowest BCUT2D eigenvalue weighted by atomic mass is 10.1. The Labute approximate surface area is 109 Å². The fraction of sp³-hybridized carbons (Fsp3) is 0.538. The summed E-state index contributed by atoms with van der Waals surface area (Å²) in [6.45, 7) is 3.69. The Morgan fingerprint density at radius 2 is 1.83 bits per heavy atom. The predicted molar refractivity (Wildman–Crippen MR) is 72.9 cm³/mol. The minimum atomic E-state index is -3.50. The number of anilines is 1. The largest absolute Gasteiger partial charge is 0.398 e. The lowest BCUT2D eigenvalue weighted by Gasteiger charge is -2.16. The molecule has 1 saturated carbocycles. The SMILES string of the molecule is Cc1ccc(N)c(S(=O)(=O)NC2CCCC2)c1C. The van der Waals surface area contributed by atoms with Crippen LogP contribution in [0.2, 0.25) is 0 Å². The fourth-order valence-corrected chi connectivity index (χ4v) is 4.22. The highest BCUT2D eigenvalue weighted by molar-refractivity contribution is 7.89. The summed E-state index contributed by atoms with van der Waals surface area (Å²) in [7, 11) is -3.50. The molecule has 0 aromatic heterocycles. The Bertz CT molecular complexity index is 546. The molecule has 1 fully saturated rings. The number of nitrogens with two attached hydrogens (primary N) is 1. The normalized spacial score (nSPS) is 17.2. The molecule has 0 aliphatic heterocycles. The second-order valence-electron chi connectivity index (χ2n) is 5.03. The molecule has 1 aliphatic carbocycles. The van der Waals surface area contributed by atoms with Crippen LogP contribution in [0.15, 0.2) is 17.0 Å². The van der Waals surface area contributed by atoms with Gasteiger partial charge in [0.1, 0.15) is 4.90 Å². The Hall–Kier alpha value is -1.07. The molecule has 0 radical (unpaired) electrons. The fourth-order valence-electron chi connectivity index (χ4n) is 2.49. The highest BCUT2D eigenvalue weighted by Gasteiger charge is 2.26. The second kappa shape index (κ2) is 4.90. The van der Waals surface area contributed by atoms with Crippen molar-refractivity contribution in [3.8, 4) is 0 Å². The summed E-state index contributed by atoms with van der Waals surface area (Å²) in [6.07, 6.45) is 4.03. The molecule has 0 bridgehead atoms. The van der Waals surface area contributed by atoms with E-state index in [4.69, 9.17) is 5.73 Å². The molecule has 0 heterocycles. The number of hydrogen-bond acceptors (Lipinski definition) is 3. The summed E-state index contributed by atoms with van der Waals surface area (Å²) in [6, 6.07) is 3.57. The van der Waals surface area contributed by atoms with Crippen LogP contribution in [0.25, 0.3) is 0 Å². The lowest BCUT2D eigenvalue weighted by Crippen LogP contribution is -2.33. The summed E-state index contributed by atoms with van der Waals surface area (Å²) >= 11 is 0. The number of nitrogens with one attached hydrogen (secondary N) is 1. The third-order valence-electron chi connectivity index (χ3n) is 3.65. The molecule has 5 heteroatoms. The number of hydrogen-bond donors (Lipinski definition) is 2. The summed E-state index contributed by atoms with van der Waals surface area (Å²) in [5.74, 6) is 0. The first-order valence-electron chi connectivity index (χ1n) is 6.30. The van der Waals surface area contributed by atoms with Crippen LogP contribution in [0, 0.1) is 13.8 Å². The molecule has 18 heavy (non-hydrogen) atoms. The van der Waals surface area contributed by atoms with E-state index in [0.29, 0.717) is 5.69 Å². The molecule has 1 aromatic carbocycles. The highest BCUT2D eigenvalue weighted by Crippen LogP contribution is 2.27. The van der Waals surface area contributed by atoms with Gasteiger partial charge in [-0.05, 0) is 43.9 Å². The van der Waals surface area contributed by atoms with Crippen LogP contribution in [0.4, 0.5) is 5.69 Å². The molecule has 3 N–H and O–H groups in total. The van der Waals surface area contributed by atoms with E-state index in [1.165, 1.54) is 0 Å². The zero-order valence-electron chi connectivity index (χ0n) is 10.9. The van der Waals surface area contributed by atoms with E-state index < -0.39 is 10.0 Å². The summed E-state index contributed by atoms with van der Waals surface area (Å²) in [4.78, 5) is 0.245. The Morgan fingerprint density at radius 1 is 1.22 bits per heavy atom. The topological polar surface area (TPSA) is 72.2 Å². The van der Waals surface area contributed by atoms with Crippen molar-refractivity contribution in [1.82, 2.24) is 4.72 Å². The van der Waals surface area contributed by atoms with Crippen molar-refractivity contribution >= 4 is 15.7 Å². The average Bonchev–Trinajstić information content (AvgIpc) is 2.75. The maximum atomic E-state index is 12.4. The van der Waals surface area contributed by atoms with Gasteiger partial charge in [-0.15, -0.1) is 0 Å². The molecule has 2 rings (SSSR count). The Balaban J connectivity index is 2.37. The molecule has 0 atom stereocenters. The van der Waals surface area contributed by atoms with Crippen LogP contribution in [0.1, 0.15) is 36.8 Å². The van der Waals surface area contributed by atoms with Crippen LogP contribution < -0.4 is 10.5 Å². The maximum Gasteiger partial charge on any atom is 0.243 e. The second-order valence-corrected chi connectivity index (χ2v) is 6.68. The molecule has 4 nitrogen and oxygen atoms in total. The minimum absolute atomic E-state index is 0.0642. The summed E-state index contributed by atoms with van der Waals surface area (Å²) in [5.41, 5.74) is 7.83. The molecule has 1 aromatic rings. The van der Waals surface area contributed by atoms with Crippen molar-refractivity contribution < 1.29 is 8.42 Å². The van der Waals surface area contributed by atoms with Crippen LogP contribution >= 0.6 is 0 Å². The van der Waals surface area contributed by atoms with Gasteiger partial charge in [0, 0.05) is 6.04 Å². The van der Waals surface area contributed by atoms with E-state index in [1.54, 1.807) is 13.0 Å². The quantitative estimate of drug-likeness (QED) is 0.825. The van der Waals surface area contributed by atoms with Crippen LogP contribution in [0.5, 0.6) is 0 Å². The first-order chi connectivity index (χ1) is 8.42. The van der Waals surface area contributed by atoms with E-state index in [0.717, 1.165) is 36.8 Å². The molecule has 1 aliphatic rings. The number of aryl methyl sites for hydroxylation is 1. The number of nitrogen functional groups attached to an aromatic ring is 1. The van der Waals surface area contributed by atoms with Crippen molar-refractivity contribution in [3.05, 3.63) is 23.3 Å². The average molecular weight is 268 g/mol. The van der Waals surface area contributed by atoms with Crippen LogP contribution in [0.3, 0.4) is 0 Å². The van der Waals surface area contributed by atoms with Gasteiger partial charge in [0.05, 0.1) is 5.69 Å². The minimum Gasteiger partial charge on any atom is -0.398 e. The highest BCUT2D eigenvalue weighted by atomic mass is 32.2. The van der Waals surface area contributed by atoms with Gasteiger partial charge in [0.25, 0.3) is 0 Å². The predicted octanol–water partition coefficient (Wildman–Crippen LogP) is 2.11. The van der Waals surface area contributed by atoms with Crippen LogP contribution in [-0.2, 0) is 10.0 Å². The zero-order chi connectivity index (χ0) is 13.3. The third-order valence-corrected chi connectivity index (χ3v) is 5.38. The molecule has 100 valence electrons. The van der Waals surface area contributed by atoms with E-state index in [9.17, 15) is 8.42 Å². The van der Waals surface area contributed by atoms with Gasteiger partial charge in [-0.2, -0.15) is 0 Å². The smallest absolute Gasteiger partial charge is 0.243 e. The van der Waals surface area contributed by atoms with E-state index in [2.05, 4.69) is 4.72 Å². The third kappa shape index (κ3) is 2.52. The Kier molecular flexibility index (Phi) is 3.64. The van der Waals surface area contributed by atoms with Crippen molar-refractivity contribution in [2.24, 2.45) is 0 Å². The van der Waals surface area contributed by atoms with Crippen molar-refractivity contribution in [2.75, 3.05) is 5.73 Å². The van der Waals surface area contributed by atoms with E-state index >= 15 is 0 Å². The maximum absolute atomic E-state index is 12.4. The first kappa shape index (κ1) is 13.4. The van der Waals surface area contributed by atoms with E-state index in [1.807, 2.05) is 13.0 Å². The number of rotatable bonds is 3. The molecular formula is C13H20N2O2S. The number of sulfonamides is 1. The van der Waals surface area contributed by atoms with Gasteiger partial charge in [-0.3, -0.25) is 0 Å². The van der Waals surface area contributed by atoms with Crippen LogP contribution in [-0.4, -0.2) is 14.5 Å². The Morgan fingerprint density at radius 3 is 2.44 bits per heavy atom. The zero-order valence-corrected chi connectivity index (χ0v) is 11.7. The molecule has 0 spiro atoms. The van der Waals surface area contributed by atoms with Gasteiger partial charge >= 0.3 is 0 Å². The molecule has 0 saturated heterocycles. The molecule has 0 amide bonds. The summed E-state index contributed by atoms with van der Waals surface area (Å²) < 4.78 is 27.6. The van der Waals surface area contributed by atoms with Gasteiger partial charge in [0.2, 0.25) is 10.0 Å². The van der Waals surface area contributed by atoms with Crippen molar-refractivity contribution in [2.45, 2.75) is 50.5 Å². The van der Waals surface area contributed by atoms with Gasteiger partial charge in [0.15, 0.2) is 0 Å². The lowest BCUT2D eigenvalue weighted by molar-refractivity contribution is 0.552. The van der Waals surface area contributed by atoms with Gasteiger partial charge < -0.3 is 5.73 Å². The van der Waals surface area contributed by atoms with Crippen molar-refractivity contribution in [3.63, 3.8) is 0 Å². The number of benzene rings is 1.